The van der Waals surface area contributed by atoms with E-state index in [4.69, 9.17) is 10.1 Å². The number of hydrogen-bond acceptors (Lipinski definition) is 4. The van der Waals surface area contributed by atoms with Crippen molar-refractivity contribution in [1.29, 1.82) is 5.41 Å². The standard InChI is InChI=1S/C28H44F2N4O/c1-35-25-9-4-21(5-10-25)12-14-32-24-7-2-22(3-8-24)13-15-33-16-18-34(19-17-33)28(31)23-6-11-26(29)27(30)20-23/h6,11,20-22,24-25,31-32H,2-5,7-10,12-19H2,1H3. The lowest BCUT2D eigenvalue weighted by molar-refractivity contribution is 0.0554. The third-order valence-electron chi connectivity index (χ3n) is 8.69. The second-order valence-corrected chi connectivity index (χ2v) is 10.9. The molecule has 196 valence electrons. The van der Waals surface area contributed by atoms with Crippen LogP contribution in [0.5, 0.6) is 0 Å². The predicted molar refractivity (Wildman–Crippen MR) is 137 cm³/mol. The third kappa shape index (κ3) is 7.70. The van der Waals surface area contributed by atoms with Gasteiger partial charge in [0.15, 0.2) is 11.6 Å². The Bertz CT molecular complexity index is 798. The lowest BCUT2D eigenvalue weighted by atomic mass is 9.83. The van der Waals surface area contributed by atoms with E-state index in [2.05, 4.69) is 10.2 Å². The van der Waals surface area contributed by atoms with Gasteiger partial charge in [-0.3, -0.25) is 10.3 Å². The normalized spacial score (nSPS) is 28.3. The Hall–Kier alpha value is -1.57. The smallest absolute Gasteiger partial charge is 0.159 e. The van der Waals surface area contributed by atoms with Gasteiger partial charge in [0.1, 0.15) is 5.84 Å². The molecule has 0 bridgehead atoms. The largest absolute Gasteiger partial charge is 0.381 e. The minimum absolute atomic E-state index is 0.289. The van der Waals surface area contributed by atoms with Crippen LogP contribution in [0.4, 0.5) is 8.78 Å². The van der Waals surface area contributed by atoms with Gasteiger partial charge in [0.05, 0.1) is 6.10 Å². The minimum atomic E-state index is -0.888. The molecule has 0 unspecified atom stereocenters. The molecule has 2 N–H and O–H groups in total. The van der Waals surface area contributed by atoms with Crippen molar-refractivity contribution in [3.63, 3.8) is 0 Å². The number of hydrogen-bond donors (Lipinski definition) is 2. The number of ether oxygens (including phenoxy) is 1. The van der Waals surface area contributed by atoms with E-state index in [1.807, 2.05) is 12.0 Å². The summed E-state index contributed by atoms with van der Waals surface area (Å²) in [6, 6.07) is 4.42. The van der Waals surface area contributed by atoms with Crippen LogP contribution in [0.3, 0.4) is 0 Å². The molecular formula is C28H44F2N4O. The van der Waals surface area contributed by atoms with Crippen LogP contribution in [-0.2, 0) is 4.74 Å². The number of halogens is 2. The molecule has 1 aromatic rings. The Morgan fingerprint density at radius 3 is 2.23 bits per heavy atom. The first kappa shape index (κ1) is 26.5. The maximum absolute atomic E-state index is 13.5. The van der Waals surface area contributed by atoms with Crippen molar-refractivity contribution in [3.05, 3.63) is 35.4 Å². The first-order chi connectivity index (χ1) is 17.0. The summed E-state index contributed by atoms with van der Waals surface area (Å²) < 4.78 is 32.2. The zero-order valence-electron chi connectivity index (χ0n) is 21.4. The topological polar surface area (TPSA) is 51.6 Å². The van der Waals surface area contributed by atoms with Crippen LogP contribution in [0.1, 0.15) is 69.8 Å². The molecule has 5 nitrogen and oxygen atoms in total. The van der Waals surface area contributed by atoms with Crippen molar-refractivity contribution in [3.8, 4) is 0 Å². The van der Waals surface area contributed by atoms with Gasteiger partial charge in [-0.2, -0.15) is 0 Å². The molecule has 2 aliphatic carbocycles. The summed E-state index contributed by atoms with van der Waals surface area (Å²) in [4.78, 5) is 4.47. The van der Waals surface area contributed by atoms with E-state index in [9.17, 15) is 8.78 Å². The molecule has 0 amide bonds. The van der Waals surface area contributed by atoms with E-state index in [-0.39, 0.29) is 5.84 Å². The Morgan fingerprint density at radius 1 is 0.914 bits per heavy atom. The molecule has 1 saturated heterocycles. The molecule has 0 atom stereocenters. The SMILES string of the molecule is COC1CCC(CCNC2CCC(CCN3CCN(C(=N)c4ccc(F)c(F)c4)CC3)CC2)CC1. The molecule has 1 heterocycles. The van der Waals surface area contributed by atoms with Crippen LogP contribution in [-0.4, -0.2) is 74.2 Å². The van der Waals surface area contributed by atoms with Gasteiger partial charge < -0.3 is 15.0 Å². The summed E-state index contributed by atoms with van der Waals surface area (Å²) in [5, 5.41) is 12.2. The Morgan fingerprint density at radius 2 is 1.57 bits per heavy atom. The van der Waals surface area contributed by atoms with E-state index in [0.29, 0.717) is 17.7 Å². The highest BCUT2D eigenvalue weighted by Crippen LogP contribution is 2.29. The molecule has 0 radical (unpaired) electrons. The van der Waals surface area contributed by atoms with Gasteiger partial charge in [0.25, 0.3) is 0 Å². The maximum atomic E-state index is 13.5. The summed E-state index contributed by atoms with van der Waals surface area (Å²) in [5.74, 6) is 0.247. The summed E-state index contributed by atoms with van der Waals surface area (Å²) in [5.41, 5.74) is 0.446. The fourth-order valence-corrected chi connectivity index (χ4v) is 6.19. The second-order valence-electron chi connectivity index (χ2n) is 10.9. The molecule has 0 spiro atoms. The summed E-state index contributed by atoms with van der Waals surface area (Å²) in [7, 11) is 1.85. The van der Waals surface area contributed by atoms with Crippen molar-refractivity contribution < 1.29 is 13.5 Å². The molecule has 1 aliphatic heterocycles. The number of rotatable bonds is 9. The molecule has 1 aromatic carbocycles. The van der Waals surface area contributed by atoms with Crippen LogP contribution in [0.2, 0.25) is 0 Å². The van der Waals surface area contributed by atoms with Crippen molar-refractivity contribution in [1.82, 2.24) is 15.1 Å². The Labute approximate surface area is 210 Å². The van der Waals surface area contributed by atoms with E-state index in [1.165, 1.54) is 76.8 Å². The van der Waals surface area contributed by atoms with Crippen molar-refractivity contribution in [2.24, 2.45) is 11.8 Å². The zero-order chi connectivity index (χ0) is 24.6. The van der Waals surface area contributed by atoms with Crippen molar-refractivity contribution >= 4 is 5.84 Å². The summed E-state index contributed by atoms with van der Waals surface area (Å²) >= 11 is 0. The molecule has 35 heavy (non-hydrogen) atoms. The van der Waals surface area contributed by atoms with Gasteiger partial charge in [0, 0.05) is 44.9 Å². The first-order valence-electron chi connectivity index (χ1n) is 13.8. The number of nitrogens with one attached hydrogen (secondary N) is 2. The quantitative estimate of drug-likeness (QED) is 0.376. The van der Waals surface area contributed by atoms with Crippen molar-refractivity contribution in [2.45, 2.75) is 76.4 Å². The third-order valence-corrected chi connectivity index (χ3v) is 8.69. The number of benzene rings is 1. The highest BCUT2D eigenvalue weighted by molar-refractivity contribution is 5.96. The van der Waals surface area contributed by atoms with Gasteiger partial charge in [0.2, 0.25) is 0 Å². The zero-order valence-corrected chi connectivity index (χ0v) is 21.4. The first-order valence-corrected chi connectivity index (χ1v) is 13.8. The van der Waals surface area contributed by atoms with Gasteiger partial charge in [-0.15, -0.1) is 0 Å². The maximum Gasteiger partial charge on any atom is 0.159 e. The molecule has 7 heteroatoms. The van der Waals surface area contributed by atoms with Crippen LogP contribution in [0.15, 0.2) is 18.2 Å². The number of piperazine rings is 1. The highest BCUT2D eigenvalue weighted by atomic mass is 19.2. The average molecular weight is 491 g/mol. The Balaban J connectivity index is 1.06. The lowest BCUT2D eigenvalue weighted by Crippen LogP contribution is -2.49. The van der Waals surface area contributed by atoms with Gasteiger partial charge in [-0.1, -0.05) is 0 Å². The van der Waals surface area contributed by atoms with Gasteiger partial charge in [-0.25, -0.2) is 8.78 Å². The number of methoxy groups -OCH3 is 1. The molecular weight excluding hydrogens is 446 g/mol. The van der Waals surface area contributed by atoms with Crippen LogP contribution >= 0.6 is 0 Å². The molecule has 0 aromatic heterocycles. The van der Waals surface area contributed by atoms with E-state index in [0.717, 1.165) is 56.7 Å². The van der Waals surface area contributed by atoms with E-state index in [1.54, 1.807) is 0 Å². The molecule has 3 aliphatic rings. The molecule has 2 saturated carbocycles. The fraction of sp³-hybridized carbons (Fsp3) is 0.750. The predicted octanol–water partition coefficient (Wildman–Crippen LogP) is 5.04. The fourth-order valence-electron chi connectivity index (χ4n) is 6.19. The van der Waals surface area contributed by atoms with E-state index >= 15 is 0 Å². The highest BCUT2D eigenvalue weighted by Gasteiger charge is 2.25. The van der Waals surface area contributed by atoms with Crippen LogP contribution < -0.4 is 5.32 Å². The Kier molecular flexibility index (Phi) is 9.92. The number of nitrogens with zero attached hydrogens (tertiary/aromatic N) is 2. The molecule has 4 rings (SSSR count). The monoisotopic (exact) mass is 490 g/mol. The average Bonchev–Trinajstić information content (AvgIpc) is 2.90. The summed E-state index contributed by atoms with van der Waals surface area (Å²) in [6.07, 6.45) is 13.5. The lowest BCUT2D eigenvalue weighted by Gasteiger charge is -2.37. The van der Waals surface area contributed by atoms with Gasteiger partial charge >= 0.3 is 0 Å². The summed E-state index contributed by atoms with van der Waals surface area (Å²) in [6.45, 7) is 5.68. The minimum Gasteiger partial charge on any atom is -0.381 e. The van der Waals surface area contributed by atoms with Gasteiger partial charge in [-0.05, 0) is 107 Å². The number of amidine groups is 1. The van der Waals surface area contributed by atoms with Crippen LogP contribution in [0, 0.1) is 28.9 Å². The van der Waals surface area contributed by atoms with E-state index < -0.39 is 11.6 Å². The van der Waals surface area contributed by atoms with Crippen molar-refractivity contribution in [2.75, 3.05) is 46.4 Å². The molecule has 3 fully saturated rings. The second kappa shape index (κ2) is 13.1. The van der Waals surface area contributed by atoms with Crippen LogP contribution in [0.25, 0.3) is 0 Å².